The molecule has 1 aliphatic carbocycles. The lowest BCUT2D eigenvalue weighted by molar-refractivity contribution is -0.132. The summed E-state index contributed by atoms with van der Waals surface area (Å²) in [6.45, 7) is 2.81. The molecule has 1 saturated carbocycles. The Hall–Kier alpha value is -2.08. The lowest BCUT2D eigenvalue weighted by Crippen LogP contribution is -2.39. The Morgan fingerprint density at radius 3 is 2.45 bits per heavy atom. The van der Waals surface area contributed by atoms with E-state index in [-0.39, 0.29) is 30.8 Å². The highest BCUT2D eigenvalue weighted by atomic mass is 16.3. The molecule has 1 N–H and O–H groups in total. The van der Waals surface area contributed by atoms with E-state index < -0.39 is 0 Å². The van der Waals surface area contributed by atoms with Crippen molar-refractivity contribution in [3.05, 3.63) is 34.7 Å². The van der Waals surface area contributed by atoms with Crippen molar-refractivity contribution in [2.24, 2.45) is 0 Å². The van der Waals surface area contributed by atoms with E-state index in [2.05, 4.69) is 0 Å². The predicted molar refractivity (Wildman–Crippen MR) is 83.7 cm³/mol. The van der Waals surface area contributed by atoms with Gasteiger partial charge in [-0.25, -0.2) is 4.79 Å². The normalized spacial score (nSPS) is 14.5. The Balaban J connectivity index is 1.95. The third kappa shape index (κ3) is 2.54. The third-order valence-electron chi connectivity index (χ3n) is 4.18. The number of amides is 1. The van der Waals surface area contributed by atoms with Crippen molar-refractivity contribution in [3.8, 4) is 0 Å². The first-order chi connectivity index (χ1) is 10.7. The number of fused-ring (bicyclic) bond motifs is 1. The van der Waals surface area contributed by atoms with Gasteiger partial charge in [-0.3, -0.25) is 13.9 Å². The molecule has 118 valence electrons. The van der Waals surface area contributed by atoms with Crippen molar-refractivity contribution < 1.29 is 9.90 Å². The lowest BCUT2D eigenvalue weighted by atomic mass is 10.3. The van der Waals surface area contributed by atoms with Crippen LogP contribution in [0.2, 0.25) is 0 Å². The van der Waals surface area contributed by atoms with Crippen LogP contribution in [0.15, 0.2) is 29.1 Å². The Labute approximate surface area is 128 Å². The number of nitrogens with zero attached hydrogens (tertiary/aromatic N) is 3. The SMILES string of the molecule is CCn1c(=O)n(CC(=O)N(CCO)C2CC2)c2ccccc21. The largest absolute Gasteiger partial charge is 0.395 e. The minimum absolute atomic E-state index is 0.0306. The summed E-state index contributed by atoms with van der Waals surface area (Å²) in [5.74, 6) is -0.0994. The molecule has 1 heterocycles. The maximum atomic E-state index is 12.5. The van der Waals surface area contributed by atoms with Gasteiger partial charge in [0.05, 0.1) is 17.6 Å². The van der Waals surface area contributed by atoms with E-state index in [9.17, 15) is 9.59 Å². The number of aliphatic hydroxyl groups excluding tert-OH is 1. The summed E-state index contributed by atoms with van der Waals surface area (Å²) in [5, 5.41) is 9.13. The molecule has 6 heteroatoms. The fourth-order valence-corrected chi connectivity index (χ4v) is 2.96. The predicted octanol–water partition coefficient (Wildman–Crippen LogP) is 0.806. The first-order valence-corrected chi connectivity index (χ1v) is 7.75. The summed E-state index contributed by atoms with van der Waals surface area (Å²) in [7, 11) is 0. The van der Waals surface area contributed by atoms with Gasteiger partial charge in [0.2, 0.25) is 5.91 Å². The number of para-hydroxylation sites is 2. The van der Waals surface area contributed by atoms with Crippen LogP contribution in [0, 0.1) is 0 Å². The van der Waals surface area contributed by atoms with E-state index in [1.54, 1.807) is 9.47 Å². The van der Waals surface area contributed by atoms with E-state index in [0.29, 0.717) is 13.1 Å². The van der Waals surface area contributed by atoms with Crippen LogP contribution in [-0.2, 0) is 17.9 Å². The van der Waals surface area contributed by atoms with E-state index in [1.807, 2.05) is 31.2 Å². The second-order valence-corrected chi connectivity index (χ2v) is 5.64. The van der Waals surface area contributed by atoms with Gasteiger partial charge in [-0.05, 0) is 31.9 Å². The number of hydrogen-bond acceptors (Lipinski definition) is 3. The molecule has 1 fully saturated rings. The van der Waals surface area contributed by atoms with Gasteiger partial charge >= 0.3 is 5.69 Å². The molecule has 1 aromatic carbocycles. The van der Waals surface area contributed by atoms with Gasteiger partial charge in [-0.1, -0.05) is 12.1 Å². The summed E-state index contributed by atoms with van der Waals surface area (Å²) in [5.41, 5.74) is 1.47. The second kappa shape index (κ2) is 5.96. The van der Waals surface area contributed by atoms with Crippen molar-refractivity contribution in [3.63, 3.8) is 0 Å². The van der Waals surface area contributed by atoms with Crippen LogP contribution < -0.4 is 5.69 Å². The van der Waals surface area contributed by atoms with Crippen LogP contribution in [0.4, 0.5) is 0 Å². The average Bonchev–Trinajstić information content (AvgIpc) is 3.32. The van der Waals surface area contributed by atoms with Crippen molar-refractivity contribution in [1.29, 1.82) is 0 Å². The summed E-state index contributed by atoms with van der Waals surface area (Å²) in [6.07, 6.45) is 1.97. The first kappa shape index (κ1) is 14.8. The lowest BCUT2D eigenvalue weighted by Gasteiger charge is -2.21. The number of aromatic nitrogens is 2. The molecule has 0 radical (unpaired) electrons. The highest BCUT2D eigenvalue weighted by Crippen LogP contribution is 2.27. The van der Waals surface area contributed by atoms with Crippen molar-refractivity contribution in [1.82, 2.24) is 14.0 Å². The zero-order chi connectivity index (χ0) is 15.7. The molecule has 2 aromatic rings. The van der Waals surface area contributed by atoms with E-state index in [1.165, 1.54) is 4.57 Å². The number of aryl methyl sites for hydroxylation is 1. The topological polar surface area (TPSA) is 67.5 Å². The maximum Gasteiger partial charge on any atom is 0.329 e. The molecule has 1 aromatic heterocycles. The van der Waals surface area contributed by atoms with Gasteiger partial charge in [0.15, 0.2) is 0 Å². The molecular weight excluding hydrogens is 282 g/mol. The maximum absolute atomic E-state index is 12.5. The number of hydrogen-bond donors (Lipinski definition) is 1. The average molecular weight is 303 g/mol. The molecule has 0 saturated heterocycles. The first-order valence-electron chi connectivity index (χ1n) is 7.75. The molecule has 1 amide bonds. The molecular formula is C16H21N3O3. The van der Waals surface area contributed by atoms with E-state index in [0.717, 1.165) is 23.9 Å². The standard InChI is InChI=1S/C16H21N3O3/c1-2-17-13-5-3-4-6-14(13)19(16(17)22)11-15(21)18(9-10-20)12-7-8-12/h3-6,12,20H,2,7-11H2,1H3. The summed E-state index contributed by atoms with van der Waals surface area (Å²) >= 11 is 0. The summed E-state index contributed by atoms with van der Waals surface area (Å²) < 4.78 is 3.21. The smallest absolute Gasteiger partial charge is 0.329 e. The molecule has 0 atom stereocenters. The Kier molecular flexibility index (Phi) is 4.02. The summed E-state index contributed by atoms with van der Waals surface area (Å²) in [4.78, 5) is 26.7. The Morgan fingerprint density at radius 2 is 1.91 bits per heavy atom. The monoisotopic (exact) mass is 303 g/mol. The highest BCUT2D eigenvalue weighted by molar-refractivity contribution is 5.81. The quantitative estimate of drug-likeness (QED) is 0.858. The molecule has 22 heavy (non-hydrogen) atoms. The van der Waals surface area contributed by atoms with Crippen LogP contribution in [0.25, 0.3) is 11.0 Å². The van der Waals surface area contributed by atoms with Gasteiger partial charge in [0.25, 0.3) is 0 Å². The van der Waals surface area contributed by atoms with Crippen LogP contribution in [0.3, 0.4) is 0 Å². The zero-order valence-corrected chi connectivity index (χ0v) is 12.7. The van der Waals surface area contributed by atoms with Crippen molar-refractivity contribution in [2.75, 3.05) is 13.2 Å². The van der Waals surface area contributed by atoms with Gasteiger partial charge in [0.1, 0.15) is 6.54 Å². The van der Waals surface area contributed by atoms with E-state index in [4.69, 9.17) is 5.11 Å². The van der Waals surface area contributed by atoms with Crippen LogP contribution in [-0.4, -0.2) is 44.2 Å². The molecule has 0 unspecified atom stereocenters. The van der Waals surface area contributed by atoms with E-state index >= 15 is 0 Å². The number of aliphatic hydroxyl groups is 1. The van der Waals surface area contributed by atoms with Crippen LogP contribution in [0.1, 0.15) is 19.8 Å². The molecule has 3 rings (SSSR count). The number of benzene rings is 1. The molecule has 0 spiro atoms. The zero-order valence-electron chi connectivity index (χ0n) is 12.7. The van der Waals surface area contributed by atoms with Crippen LogP contribution >= 0.6 is 0 Å². The number of imidazole rings is 1. The minimum atomic E-state index is -0.156. The molecule has 6 nitrogen and oxygen atoms in total. The fourth-order valence-electron chi connectivity index (χ4n) is 2.96. The molecule has 0 bridgehead atoms. The van der Waals surface area contributed by atoms with Crippen LogP contribution in [0.5, 0.6) is 0 Å². The van der Waals surface area contributed by atoms with Crippen molar-refractivity contribution >= 4 is 16.9 Å². The minimum Gasteiger partial charge on any atom is -0.395 e. The van der Waals surface area contributed by atoms with Gasteiger partial charge in [0, 0.05) is 19.1 Å². The van der Waals surface area contributed by atoms with Gasteiger partial charge in [-0.15, -0.1) is 0 Å². The molecule has 1 aliphatic rings. The number of rotatable bonds is 6. The second-order valence-electron chi connectivity index (χ2n) is 5.64. The fraction of sp³-hybridized carbons (Fsp3) is 0.500. The summed E-state index contributed by atoms with van der Waals surface area (Å²) in [6, 6.07) is 7.75. The Bertz CT molecular complexity index is 743. The Morgan fingerprint density at radius 1 is 1.27 bits per heavy atom. The van der Waals surface area contributed by atoms with Gasteiger partial charge < -0.3 is 10.0 Å². The molecule has 0 aliphatic heterocycles. The van der Waals surface area contributed by atoms with Gasteiger partial charge in [-0.2, -0.15) is 0 Å². The highest BCUT2D eigenvalue weighted by Gasteiger charge is 2.32. The number of carbonyl (C=O) groups is 1. The number of carbonyl (C=O) groups excluding carboxylic acids is 1. The third-order valence-corrected chi connectivity index (χ3v) is 4.18. The van der Waals surface area contributed by atoms with Crippen molar-refractivity contribution in [2.45, 2.75) is 38.9 Å².